The summed E-state index contributed by atoms with van der Waals surface area (Å²) in [6.07, 6.45) is -2.32. The first-order valence-corrected chi connectivity index (χ1v) is 14.5. The van der Waals surface area contributed by atoms with Gasteiger partial charge in [0, 0.05) is 26.4 Å². The lowest BCUT2D eigenvalue weighted by atomic mass is 9.91. The van der Waals surface area contributed by atoms with E-state index in [0.29, 0.717) is 42.3 Å². The van der Waals surface area contributed by atoms with E-state index < -0.39 is 36.6 Å². The first-order chi connectivity index (χ1) is 21.4. The number of rotatable bonds is 10. The summed E-state index contributed by atoms with van der Waals surface area (Å²) in [4.78, 5) is 26.6. The average molecular weight is 589 g/mol. The Labute approximate surface area is 250 Å². The molecule has 1 saturated heterocycles. The van der Waals surface area contributed by atoms with Crippen LogP contribution in [0, 0.1) is 0 Å². The number of hydrogen-bond acceptors (Lipinski definition) is 10. The molecule has 43 heavy (non-hydrogen) atoms. The van der Waals surface area contributed by atoms with Gasteiger partial charge in [0.1, 0.15) is 12.2 Å². The Morgan fingerprint density at radius 3 is 2.42 bits per heavy atom. The van der Waals surface area contributed by atoms with Crippen LogP contribution in [0.3, 0.4) is 0 Å². The molecule has 1 aliphatic heterocycles. The fourth-order valence-electron chi connectivity index (χ4n) is 5.89. The van der Waals surface area contributed by atoms with Gasteiger partial charge in [-0.3, -0.25) is 9.36 Å². The molecule has 6 atom stereocenters. The van der Waals surface area contributed by atoms with Crippen LogP contribution < -0.4 is 16.0 Å². The average Bonchev–Trinajstić information content (AvgIpc) is 3.74. The number of hydrogen-bond donors (Lipinski definition) is 6. The molecule has 12 heteroatoms. The zero-order chi connectivity index (χ0) is 30.6. The molecule has 3 heterocycles. The van der Waals surface area contributed by atoms with Gasteiger partial charge in [-0.15, -0.1) is 0 Å². The van der Waals surface area contributed by atoms with Gasteiger partial charge in [-0.25, -0.2) is 4.98 Å². The van der Waals surface area contributed by atoms with Crippen molar-refractivity contribution in [2.45, 2.75) is 68.8 Å². The lowest BCUT2D eigenvalue weighted by Crippen LogP contribution is -2.42. The van der Waals surface area contributed by atoms with Gasteiger partial charge < -0.3 is 36.0 Å². The van der Waals surface area contributed by atoms with Crippen molar-refractivity contribution in [2.24, 2.45) is 0 Å². The lowest BCUT2D eigenvalue weighted by Gasteiger charge is -2.20. The first-order valence-electron chi connectivity index (χ1n) is 15.2. The maximum atomic E-state index is 12.6. The Morgan fingerprint density at radius 1 is 1.05 bits per heavy atom. The monoisotopic (exact) mass is 588 g/mol. The molecule has 0 bridgehead atoms. The number of imidazole rings is 1. The molecule has 6 N–H and O–H groups in total. The van der Waals surface area contributed by atoms with Gasteiger partial charge >= 0.3 is 0 Å². The van der Waals surface area contributed by atoms with Gasteiger partial charge in [0.25, 0.3) is 5.91 Å². The Bertz CT molecular complexity index is 1520. The standard InChI is InChI=1S/C31H37N7O5/c1-2-32-29(42)26-24(40)25(41)30(43-26)38-17-34-23-27(36-31(37-28(23)38)35-20-13-14-21(39)15-20)33-16-22(18-9-5-3-6-10-18)19-11-7-4-8-12-19/h3-12,17,20-22,24-26,30,39-41H,2,13-16H2,1H3,(H,32,42)(H2,33,35,36,37)/t20-,21-,24-,25+,26-,30+/m0/s1/i1D. The summed E-state index contributed by atoms with van der Waals surface area (Å²) >= 11 is 0. The molecular weight excluding hydrogens is 550 g/mol. The summed E-state index contributed by atoms with van der Waals surface area (Å²) in [5.74, 6) is 0.172. The maximum Gasteiger partial charge on any atom is 0.252 e. The van der Waals surface area contributed by atoms with Crippen LogP contribution >= 0.6 is 0 Å². The number of nitrogens with zero attached hydrogens (tertiary/aromatic N) is 4. The Kier molecular flexibility index (Phi) is 8.15. The SMILES string of the molecule is [2H]CCNC(=O)[C@H]1O[C@@H](n2cnc3c(NCC(c4ccccc4)c4ccccc4)nc(N[C@H]4CC[C@H](O)C4)nc32)[C@H](O)[C@@H]1O. The number of amides is 1. The van der Waals surface area contributed by atoms with E-state index in [9.17, 15) is 20.1 Å². The quantitative estimate of drug-likeness (QED) is 0.162. The molecule has 1 saturated carbocycles. The maximum absolute atomic E-state index is 12.6. The van der Waals surface area contributed by atoms with E-state index in [2.05, 4.69) is 45.2 Å². The van der Waals surface area contributed by atoms with Crippen molar-refractivity contribution >= 4 is 28.8 Å². The van der Waals surface area contributed by atoms with E-state index in [-0.39, 0.29) is 25.4 Å². The third-order valence-electron chi connectivity index (χ3n) is 8.11. The van der Waals surface area contributed by atoms with Crippen LogP contribution in [-0.2, 0) is 9.53 Å². The zero-order valence-electron chi connectivity index (χ0n) is 24.6. The molecule has 2 aliphatic rings. The van der Waals surface area contributed by atoms with Crippen LogP contribution in [0.5, 0.6) is 0 Å². The van der Waals surface area contributed by atoms with Gasteiger partial charge in [-0.05, 0) is 37.3 Å². The first kappa shape index (κ1) is 27.7. The number of aliphatic hydroxyl groups is 3. The van der Waals surface area contributed by atoms with Gasteiger partial charge in [-0.2, -0.15) is 9.97 Å². The van der Waals surface area contributed by atoms with E-state index in [1.807, 2.05) is 36.4 Å². The van der Waals surface area contributed by atoms with Gasteiger partial charge in [0.15, 0.2) is 29.3 Å². The number of fused-ring (bicyclic) bond motifs is 1. The number of nitrogens with one attached hydrogen (secondary N) is 3. The summed E-state index contributed by atoms with van der Waals surface area (Å²) in [5.41, 5.74) is 3.02. The number of benzene rings is 2. The van der Waals surface area contributed by atoms with E-state index in [1.54, 1.807) is 0 Å². The molecule has 2 aromatic heterocycles. The fraction of sp³-hybridized carbons (Fsp3) is 0.419. The number of aliphatic hydroxyl groups excluding tert-OH is 3. The van der Waals surface area contributed by atoms with Crippen molar-refractivity contribution in [1.29, 1.82) is 0 Å². The summed E-state index contributed by atoms with van der Waals surface area (Å²) in [6.45, 7) is 0.566. The predicted molar refractivity (Wildman–Crippen MR) is 160 cm³/mol. The van der Waals surface area contributed by atoms with E-state index in [4.69, 9.17) is 16.1 Å². The molecule has 0 radical (unpaired) electrons. The van der Waals surface area contributed by atoms with E-state index in [1.165, 1.54) is 10.9 Å². The highest BCUT2D eigenvalue weighted by atomic mass is 16.6. The highest BCUT2D eigenvalue weighted by Crippen LogP contribution is 2.34. The second-order valence-electron chi connectivity index (χ2n) is 11.0. The van der Waals surface area contributed by atoms with E-state index in [0.717, 1.165) is 17.5 Å². The fourth-order valence-corrected chi connectivity index (χ4v) is 5.89. The van der Waals surface area contributed by atoms with Crippen LogP contribution in [0.25, 0.3) is 11.2 Å². The van der Waals surface area contributed by atoms with Gasteiger partial charge in [-0.1, -0.05) is 60.7 Å². The normalized spacial score (nSPS) is 25.6. The minimum atomic E-state index is -1.49. The Morgan fingerprint density at radius 2 is 1.77 bits per heavy atom. The summed E-state index contributed by atoms with van der Waals surface area (Å²) in [5, 5.41) is 41.0. The molecule has 2 fully saturated rings. The number of aromatic nitrogens is 4. The summed E-state index contributed by atoms with van der Waals surface area (Å²) in [7, 11) is 0. The molecule has 2 aromatic carbocycles. The topological polar surface area (TPSA) is 167 Å². The summed E-state index contributed by atoms with van der Waals surface area (Å²) in [6, 6.07) is 20.3. The Hall–Kier alpha value is -4.10. The highest BCUT2D eigenvalue weighted by Gasteiger charge is 2.47. The van der Waals surface area contributed by atoms with Gasteiger partial charge in [0.05, 0.1) is 12.4 Å². The number of anilines is 2. The molecule has 0 spiro atoms. The smallest absolute Gasteiger partial charge is 0.252 e. The number of carbonyl (C=O) groups is 1. The second-order valence-corrected chi connectivity index (χ2v) is 11.0. The van der Waals surface area contributed by atoms with Crippen molar-refractivity contribution in [3.8, 4) is 0 Å². The summed E-state index contributed by atoms with van der Waals surface area (Å²) < 4.78 is 14.6. The predicted octanol–water partition coefficient (Wildman–Crippen LogP) is 2.15. The zero-order valence-corrected chi connectivity index (χ0v) is 23.6. The van der Waals surface area contributed by atoms with Crippen LogP contribution in [0.15, 0.2) is 67.0 Å². The van der Waals surface area contributed by atoms with E-state index >= 15 is 0 Å². The van der Waals surface area contributed by atoms with Crippen molar-refractivity contribution in [3.63, 3.8) is 0 Å². The highest BCUT2D eigenvalue weighted by molar-refractivity contribution is 5.85. The van der Waals surface area contributed by atoms with Crippen molar-refractivity contribution in [3.05, 3.63) is 78.1 Å². The molecule has 1 aliphatic carbocycles. The number of carbonyl (C=O) groups excluding carboxylic acids is 1. The van der Waals surface area contributed by atoms with Crippen molar-refractivity contribution in [1.82, 2.24) is 24.8 Å². The molecule has 0 unspecified atom stereocenters. The second kappa shape index (κ2) is 12.6. The van der Waals surface area contributed by atoms with Crippen LogP contribution in [0.2, 0.25) is 0 Å². The van der Waals surface area contributed by atoms with Crippen LogP contribution in [-0.4, -0.2) is 84.3 Å². The number of likely N-dealkylation sites (N-methyl/N-ethyl adjacent to an activating group) is 1. The molecule has 4 aromatic rings. The lowest BCUT2D eigenvalue weighted by molar-refractivity contribution is -0.137. The minimum absolute atomic E-state index is 0.00372. The van der Waals surface area contributed by atoms with Gasteiger partial charge in [0.2, 0.25) is 5.95 Å². The molecule has 1 amide bonds. The van der Waals surface area contributed by atoms with Crippen LogP contribution in [0.1, 0.15) is 50.8 Å². The minimum Gasteiger partial charge on any atom is -0.393 e. The third kappa shape index (κ3) is 6.04. The molecular formula is C31H37N7O5. The Balaban J connectivity index is 1.34. The third-order valence-corrected chi connectivity index (χ3v) is 8.11. The van der Waals surface area contributed by atoms with Crippen molar-refractivity contribution in [2.75, 3.05) is 23.7 Å². The largest absolute Gasteiger partial charge is 0.393 e. The molecule has 12 nitrogen and oxygen atoms in total. The number of ether oxygens (including phenoxy) is 1. The van der Waals surface area contributed by atoms with Crippen molar-refractivity contribution < 1.29 is 26.2 Å². The molecule has 6 rings (SSSR count). The molecule has 226 valence electrons. The van der Waals surface area contributed by atoms with Crippen LogP contribution in [0.4, 0.5) is 11.8 Å².